The van der Waals surface area contributed by atoms with Crippen LogP contribution in [-0.4, -0.2) is 156 Å². The molecule has 0 heterocycles. The molecule has 66 heavy (non-hydrogen) atoms. The molecule has 4 aromatic carbocycles. The van der Waals surface area contributed by atoms with Gasteiger partial charge in [-0.05, 0) is 97.7 Å². The van der Waals surface area contributed by atoms with Crippen molar-refractivity contribution >= 4 is 23.6 Å². The van der Waals surface area contributed by atoms with Gasteiger partial charge in [0.1, 0.15) is 24.7 Å². The second-order valence-electron chi connectivity index (χ2n) is 16.4. The van der Waals surface area contributed by atoms with E-state index in [1.807, 2.05) is 135 Å². The predicted molar refractivity (Wildman–Crippen MR) is 259 cm³/mol. The number of hydrogen-bond donors (Lipinski definition) is 0. The van der Waals surface area contributed by atoms with Gasteiger partial charge in [0, 0.05) is 85.0 Å². The molecule has 15 nitrogen and oxygen atoms in total. The second kappa shape index (κ2) is 29.9. The maximum Gasteiger partial charge on any atom is 0.410 e. The van der Waals surface area contributed by atoms with Crippen LogP contribution >= 0.6 is 0 Å². The molecule has 0 aliphatic rings. The molecule has 2 amide bonds. The smallest absolute Gasteiger partial charge is 0.410 e. The first-order valence-corrected chi connectivity index (χ1v) is 22.5. The topological polar surface area (TPSA) is 124 Å². The van der Waals surface area contributed by atoms with E-state index in [0.29, 0.717) is 65.8 Å². The maximum absolute atomic E-state index is 13.2. The van der Waals surface area contributed by atoms with E-state index < -0.39 is 12.2 Å². The van der Waals surface area contributed by atoms with Crippen LogP contribution < -0.4 is 19.3 Å². The van der Waals surface area contributed by atoms with Crippen molar-refractivity contribution in [2.45, 2.75) is 45.1 Å². The number of methoxy groups -OCH3 is 2. The summed E-state index contributed by atoms with van der Waals surface area (Å²) in [5.74, 6) is 1.46. The van der Waals surface area contributed by atoms with Crippen LogP contribution in [0.2, 0.25) is 0 Å². The van der Waals surface area contributed by atoms with Crippen molar-refractivity contribution in [1.82, 2.24) is 14.7 Å². The molecule has 0 unspecified atom stereocenters. The molecule has 0 radical (unpaired) electrons. The zero-order valence-corrected chi connectivity index (χ0v) is 40.4. The molecule has 0 atom stereocenters. The first-order valence-electron chi connectivity index (χ1n) is 22.5. The molecule has 0 fully saturated rings. The lowest BCUT2D eigenvalue weighted by Gasteiger charge is -2.24. The largest absolute Gasteiger partial charge is 0.497 e. The van der Waals surface area contributed by atoms with Crippen LogP contribution in [0.4, 0.5) is 21.0 Å². The minimum Gasteiger partial charge on any atom is -0.497 e. The van der Waals surface area contributed by atoms with Crippen molar-refractivity contribution in [3.05, 3.63) is 119 Å². The molecule has 0 spiro atoms. The lowest BCUT2D eigenvalue weighted by molar-refractivity contribution is 0.0106. The average Bonchev–Trinajstić information content (AvgIpc) is 3.31. The van der Waals surface area contributed by atoms with Gasteiger partial charge in [0.05, 0.1) is 53.9 Å². The molecular weight excluding hydrogens is 843 g/mol. The Morgan fingerprint density at radius 1 is 0.439 bits per heavy atom. The molecular formula is C51H73N5O10. The van der Waals surface area contributed by atoms with Gasteiger partial charge >= 0.3 is 12.2 Å². The van der Waals surface area contributed by atoms with E-state index in [9.17, 15) is 9.59 Å². The Morgan fingerprint density at radius 3 is 1.14 bits per heavy atom. The van der Waals surface area contributed by atoms with Crippen LogP contribution in [-0.2, 0) is 54.6 Å². The lowest BCUT2D eigenvalue weighted by Crippen LogP contribution is -2.31. The summed E-state index contributed by atoms with van der Waals surface area (Å²) >= 11 is 0. The van der Waals surface area contributed by atoms with E-state index in [0.717, 1.165) is 58.0 Å². The number of hydrogen-bond acceptors (Lipinski definition) is 13. The van der Waals surface area contributed by atoms with E-state index in [4.69, 9.17) is 37.9 Å². The first kappa shape index (κ1) is 53.0. The van der Waals surface area contributed by atoms with E-state index in [-0.39, 0.29) is 32.5 Å². The third-order valence-corrected chi connectivity index (χ3v) is 10.8. The van der Waals surface area contributed by atoms with E-state index in [2.05, 4.69) is 19.0 Å². The minimum atomic E-state index is -0.415. The third-order valence-electron chi connectivity index (χ3n) is 10.8. The van der Waals surface area contributed by atoms with Crippen LogP contribution in [0.25, 0.3) is 0 Å². The quantitative estimate of drug-likeness (QED) is 0.0461. The molecule has 0 aliphatic heterocycles. The standard InChI is InChI=1S/C51H73N5O10/c1-52(2)45-19-15-41(16-20-45)37-55(39-43-11-9-13-48(35-43)59-7)50(57)65-33-31-63-29-27-61-25-23-47(54(5)6)24-26-62-28-30-64-32-34-66-51(58)56(40-44-12-10-14-49(36-44)60-8)38-42-17-21-46(22-18-42)53(3)4/h9-22,35-36,47H,23-34,37-40H2,1-8H3. The van der Waals surface area contributed by atoms with Gasteiger partial charge in [-0.15, -0.1) is 0 Å². The highest BCUT2D eigenvalue weighted by atomic mass is 16.6. The van der Waals surface area contributed by atoms with Crippen molar-refractivity contribution in [2.75, 3.05) is 132 Å². The molecule has 0 N–H and O–H groups in total. The Kier molecular flexibility index (Phi) is 24.0. The van der Waals surface area contributed by atoms with Gasteiger partial charge in [-0.1, -0.05) is 48.5 Å². The van der Waals surface area contributed by atoms with E-state index in [1.165, 1.54) is 0 Å². The SMILES string of the molecule is COc1cccc(CN(Cc2ccc(N(C)C)cc2)C(=O)OCCOCCOCCC(CCOCCOCCOC(=O)N(Cc2ccc(N(C)C)cc2)Cc2cccc(OC)c2)N(C)C)c1. The predicted octanol–water partition coefficient (Wildman–Crippen LogP) is 7.59. The Balaban J connectivity index is 1.06. The van der Waals surface area contributed by atoms with Gasteiger partial charge in [-0.25, -0.2) is 9.59 Å². The number of ether oxygens (including phenoxy) is 8. The highest BCUT2D eigenvalue weighted by molar-refractivity contribution is 5.68. The number of amides is 2. The van der Waals surface area contributed by atoms with Gasteiger partial charge in [-0.2, -0.15) is 0 Å². The fraction of sp³-hybridized carbons (Fsp3) is 0.490. The number of carbonyl (C=O) groups excluding carboxylic acids is 2. The summed E-state index contributed by atoms with van der Waals surface area (Å²) in [5.41, 5.74) is 6.05. The van der Waals surface area contributed by atoms with E-state index >= 15 is 0 Å². The van der Waals surface area contributed by atoms with Crippen LogP contribution in [0, 0.1) is 0 Å². The zero-order chi connectivity index (χ0) is 47.5. The number of carbonyl (C=O) groups is 2. The number of rotatable bonds is 31. The minimum absolute atomic E-state index is 0.131. The Morgan fingerprint density at radius 2 is 0.788 bits per heavy atom. The normalized spacial score (nSPS) is 11.1. The van der Waals surface area contributed by atoms with Crippen molar-refractivity contribution in [3.8, 4) is 11.5 Å². The highest BCUT2D eigenvalue weighted by Gasteiger charge is 2.19. The van der Waals surface area contributed by atoms with Crippen LogP contribution in [0.1, 0.15) is 35.1 Å². The first-order chi connectivity index (χ1) is 31.9. The van der Waals surface area contributed by atoms with Gasteiger partial charge in [0.25, 0.3) is 0 Å². The molecule has 0 aliphatic carbocycles. The summed E-state index contributed by atoms with van der Waals surface area (Å²) in [6, 6.07) is 31.9. The van der Waals surface area contributed by atoms with Crippen LogP contribution in [0.5, 0.6) is 11.5 Å². The van der Waals surface area contributed by atoms with Gasteiger partial charge in [0.15, 0.2) is 0 Å². The fourth-order valence-corrected chi connectivity index (χ4v) is 6.89. The van der Waals surface area contributed by atoms with Gasteiger partial charge in [0.2, 0.25) is 0 Å². The van der Waals surface area contributed by atoms with Crippen LogP contribution in [0.15, 0.2) is 97.1 Å². The molecule has 15 heteroatoms. The van der Waals surface area contributed by atoms with Crippen LogP contribution in [0.3, 0.4) is 0 Å². The molecule has 4 rings (SSSR count). The monoisotopic (exact) mass is 916 g/mol. The third kappa shape index (κ3) is 19.9. The summed E-state index contributed by atoms with van der Waals surface area (Å²) in [5, 5.41) is 0. The van der Waals surface area contributed by atoms with Gasteiger partial charge < -0.3 is 52.6 Å². The molecule has 362 valence electrons. The molecule has 0 saturated heterocycles. The van der Waals surface area contributed by atoms with Crippen molar-refractivity contribution in [3.63, 3.8) is 0 Å². The van der Waals surface area contributed by atoms with Gasteiger partial charge in [-0.3, -0.25) is 9.80 Å². The molecule has 0 aromatic heterocycles. The Labute approximate surface area is 392 Å². The lowest BCUT2D eigenvalue weighted by atomic mass is 10.1. The fourth-order valence-electron chi connectivity index (χ4n) is 6.89. The number of anilines is 2. The average molecular weight is 916 g/mol. The molecule has 0 saturated carbocycles. The number of nitrogens with zero attached hydrogens (tertiary/aromatic N) is 5. The molecule has 0 bridgehead atoms. The highest BCUT2D eigenvalue weighted by Crippen LogP contribution is 2.21. The zero-order valence-electron chi connectivity index (χ0n) is 40.4. The summed E-state index contributed by atoms with van der Waals surface area (Å²) in [7, 11) is 15.3. The Hall–Kier alpha value is -5.58. The molecule has 4 aromatic rings. The Bertz CT molecular complexity index is 1830. The maximum atomic E-state index is 13.2. The number of benzene rings is 4. The summed E-state index contributed by atoms with van der Waals surface area (Å²) < 4.78 is 45.2. The van der Waals surface area contributed by atoms with Crippen molar-refractivity contribution < 1.29 is 47.5 Å². The van der Waals surface area contributed by atoms with Crippen molar-refractivity contribution in [1.29, 1.82) is 0 Å². The summed E-state index contributed by atoms with van der Waals surface area (Å²) in [6.45, 7) is 5.16. The summed E-state index contributed by atoms with van der Waals surface area (Å²) in [4.78, 5) is 36.1. The van der Waals surface area contributed by atoms with E-state index in [1.54, 1.807) is 24.0 Å². The summed E-state index contributed by atoms with van der Waals surface area (Å²) in [6.07, 6.45) is 0.850. The van der Waals surface area contributed by atoms with Crippen molar-refractivity contribution in [2.24, 2.45) is 0 Å². The second-order valence-corrected chi connectivity index (χ2v) is 16.4.